The van der Waals surface area contributed by atoms with Gasteiger partial charge in [-0.3, -0.25) is 4.98 Å². The van der Waals surface area contributed by atoms with E-state index in [1.807, 2.05) is 12.1 Å². The number of esters is 1. The molecule has 1 aliphatic rings. The van der Waals surface area contributed by atoms with Gasteiger partial charge in [-0.25, -0.2) is 9.78 Å². The van der Waals surface area contributed by atoms with Crippen molar-refractivity contribution in [1.29, 1.82) is 0 Å². The first-order valence-electron chi connectivity index (χ1n) is 9.32. The van der Waals surface area contributed by atoms with Crippen LogP contribution >= 0.6 is 11.3 Å². The molecule has 0 aliphatic heterocycles. The number of nitrogens with zero attached hydrogens (tertiary/aromatic N) is 3. The normalized spacial score (nSPS) is 12.7. The van der Waals surface area contributed by atoms with Crippen molar-refractivity contribution in [2.45, 2.75) is 19.3 Å². The average Bonchev–Trinajstić information content (AvgIpc) is 3.35. The van der Waals surface area contributed by atoms with Crippen molar-refractivity contribution in [3.05, 3.63) is 64.8 Å². The first kappa shape index (κ1) is 17.8. The van der Waals surface area contributed by atoms with Crippen LogP contribution in [0.2, 0.25) is 0 Å². The molecular formula is C22H17N3O3S. The number of rotatable bonds is 4. The second kappa shape index (κ2) is 7.25. The van der Waals surface area contributed by atoms with E-state index in [0.717, 1.165) is 35.0 Å². The fourth-order valence-corrected chi connectivity index (χ4v) is 4.83. The van der Waals surface area contributed by atoms with Crippen molar-refractivity contribution in [2.24, 2.45) is 0 Å². The Morgan fingerprint density at radius 1 is 1.14 bits per heavy atom. The van der Waals surface area contributed by atoms with Gasteiger partial charge in [-0.05, 0) is 55.2 Å². The number of aromatic nitrogens is 3. The van der Waals surface area contributed by atoms with E-state index >= 15 is 0 Å². The van der Waals surface area contributed by atoms with Crippen molar-refractivity contribution in [3.63, 3.8) is 0 Å². The maximum absolute atomic E-state index is 11.9. The topological polar surface area (TPSA) is 74.2 Å². The quantitative estimate of drug-likeness (QED) is 0.455. The van der Waals surface area contributed by atoms with E-state index in [4.69, 9.17) is 19.4 Å². The molecule has 3 heterocycles. The van der Waals surface area contributed by atoms with Crippen LogP contribution in [0.5, 0.6) is 11.6 Å². The zero-order chi connectivity index (χ0) is 19.8. The molecule has 7 heteroatoms. The minimum atomic E-state index is -0.407. The molecule has 0 atom stereocenters. The first-order valence-corrected chi connectivity index (χ1v) is 10.1. The number of benzene rings is 1. The Morgan fingerprint density at radius 3 is 2.90 bits per heavy atom. The number of hydrogen-bond donors (Lipinski definition) is 0. The summed E-state index contributed by atoms with van der Waals surface area (Å²) in [4.78, 5) is 27.8. The third-order valence-electron chi connectivity index (χ3n) is 4.92. The zero-order valence-electron chi connectivity index (χ0n) is 15.7. The second-order valence-corrected chi connectivity index (χ2v) is 7.84. The van der Waals surface area contributed by atoms with Gasteiger partial charge < -0.3 is 9.47 Å². The maximum Gasteiger partial charge on any atom is 0.337 e. The van der Waals surface area contributed by atoms with Crippen LogP contribution < -0.4 is 4.74 Å². The van der Waals surface area contributed by atoms with Crippen molar-refractivity contribution in [2.75, 3.05) is 7.11 Å². The number of methoxy groups -OCH3 is 1. The highest BCUT2D eigenvalue weighted by molar-refractivity contribution is 7.19. The van der Waals surface area contributed by atoms with Gasteiger partial charge in [0, 0.05) is 22.8 Å². The minimum absolute atomic E-state index is 0.407. The summed E-state index contributed by atoms with van der Waals surface area (Å²) in [7, 11) is 1.36. The Labute approximate surface area is 171 Å². The molecule has 0 saturated carbocycles. The van der Waals surface area contributed by atoms with E-state index in [-0.39, 0.29) is 0 Å². The van der Waals surface area contributed by atoms with E-state index < -0.39 is 5.97 Å². The van der Waals surface area contributed by atoms with Gasteiger partial charge in [0.05, 0.1) is 18.1 Å². The van der Waals surface area contributed by atoms with Crippen molar-refractivity contribution < 1.29 is 14.3 Å². The van der Waals surface area contributed by atoms with Crippen LogP contribution in [-0.2, 0) is 17.6 Å². The molecule has 0 fully saturated rings. The highest BCUT2D eigenvalue weighted by Gasteiger charge is 2.24. The largest absolute Gasteiger partial charge is 0.465 e. The van der Waals surface area contributed by atoms with Crippen LogP contribution in [0, 0.1) is 0 Å². The van der Waals surface area contributed by atoms with E-state index in [2.05, 4.69) is 4.98 Å². The SMILES string of the molecule is COC(=O)c1cccc(Oc2nc(-c3cccnc3)nc3sc4c(c23)CCC4)c1. The van der Waals surface area contributed by atoms with Crippen LogP contribution in [-0.4, -0.2) is 28.0 Å². The molecule has 4 aromatic rings. The number of fused-ring (bicyclic) bond motifs is 3. The highest BCUT2D eigenvalue weighted by atomic mass is 32.1. The molecule has 0 saturated heterocycles. The Hall–Kier alpha value is -3.32. The molecule has 144 valence electrons. The summed E-state index contributed by atoms with van der Waals surface area (Å²) in [6, 6.07) is 10.7. The fraction of sp³-hybridized carbons (Fsp3) is 0.182. The van der Waals surface area contributed by atoms with Crippen molar-refractivity contribution in [3.8, 4) is 23.0 Å². The summed E-state index contributed by atoms with van der Waals surface area (Å²) in [5.74, 6) is 1.21. The average molecular weight is 403 g/mol. The predicted molar refractivity (Wildman–Crippen MR) is 111 cm³/mol. The molecule has 0 radical (unpaired) electrons. The smallest absolute Gasteiger partial charge is 0.337 e. The summed E-state index contributed by atoms with van der Waals surface area (Å²) >= 11 is 1.71. The van der Waals surface area contributed by atoms with Gasteiger partial charge in [-0.2, -0.15) is 4.98 Å². The Morgan fingerprint density at radius 2 is 2.07 bits per heavy atom. The third kappa shape index (κ3) is 3.23. The Kier molecular flexibility index (Phi) is 4.44. The number of thiophene rings is 1. The molecule has 3 aromatic heterocycles. The van der Waals surface area contributed by atoms with Gasteiger partial charge in [0.2, 0.25) is 5.88 Å². The van der Waals surface area contributed by atoms with E-state index in [1.54, 1.807) is 48.0 Å². The Bertz CT molecular complexity index is 1220. The molecule has 5 rings (SSSR count). The van der Waals surface area contributed by atoms with Crippen molar-refractivity contribution >= 4 is 27.5 Å². The number of aryl methyl sites for hydroxylation is 2. The monoisotopic (exact) mass is 403 g/mol. The summed E-state index contributed by atoms with van der Waals surface area (Å²) in [6.07, 6.45) is 6.67. The molecule has 0 spiro atoms. The van der Waals surface area contributed by atoms with Crippen LogP contribution in [0.15, 0.2) is 48.8 Å². The van der Waals surface area contributed by atoms with E-state index in [9.17, 15) is 4.79 Å². The third-order valence-corrected chi connectivity index (χ3v) is 6.11. The lowest BCUT2D eigenvalue weighted by Gasteiger charge is -2.10. The number of hydrogen-bond acceptors (Lipinski definition) is 7. The predicted octanol–water partition coefficient (Wildman–Crippen LogP) is 4.82. The lowest BCUT2D eigenvalue weighted by molar-refractivity contribution is 0.0600. The van der Waals surface area contributed by atoms with Gasteiger partial charge in [-0.15, -0.1) is 11.3 Å². The van der Waals surface area contributed by atoms with Gasteiger partial charge >= 0.3 is 5.97 Å². The van der Waals surface area contributed by atoms with E-state index in [1.165, 1.54) is 17.6 Å². The molecular weight excluding hydrogens is 386 g/mol. The van der Waals surface area contributed by atoms with Gasteiger partial charge in [0.1, 0.15) is 10.6 Å². The first-order chi connectivity index (χ1) is 14.2. The minimum Gasteiger partial charge on any atom is -0.465 e. The van der Waals surface area contributed by atoms with E-state index in [0.29, 0.717) is 23.0 Å². The van der Waals surface area contributed by atoms with Crippen molar-refractivity contribution in [1.82, 2.24) is 15.0 Å². The molecule has 6 nitrogen and oxygen atoms in total. The van der Waals surface area contributed by atoms with Crippen LogP contribution in [0.4, 0.5) is 0 Å². The molecule has 1 aliphatic carbocycles. The summed E-state index contributed by atoms with van der Waals surface area (Å²) in [5.41, 5.74) is 2.54. The second-order valence-electron chi connectivity index (χ2n) is 6.75. The molecule has 0 amide bonds. The van der Waals surface area contributed by atoms with Crippen LogP contribution in [0.3, 0.4) is 0 Å². The zero-order valence-corrected chi connectivity index (χ0v) is 16.5. The van der Waals surface area contributed by atoms with Gasteiger partial charge in [0.25, 0.3) is 0 Å². The standard InChI is InChI=1S/C22H17N3O3S/c1-27-22(26)13-5-2-7-15(11-13)28-20-18-16-8-3-9-17(16)29-21(18)25-19(24-20)14-6-4-10-23-12-14/h2,4-7,10-12H,3,8-9H2,1H3. The number of pyridine rings is 1. The molecule has 1 aromatic carbocycles. The van der Waals surface area contributed by atoms with Crippen LogP contribution in [0.1, 0.15) is 27.2 Å². The lowest BCUT2D eigenvalue weighted by atomic mass is 10.2. The summed E-state index contributed by atoms with van der Waals surface area (Å²) < 4.78 is 11.0. The number of ether oxygens (including phenoxy) is 2. The summed E-state index contributed by atoms with van der Waals surface area (Å²) in [6.45, 7) is 0. The summed E-state index contributed by atoms with van der Waals surface area (Å²) in [5, 5.41) is 0.971. The molecule has 0 unspecified atom stereocenters. The number of carbonyl (C=O) groups is 1. The maximum atomic E-state index is 11.9. The fourth-order valence-electron chi connectivity index (χ4n) is 3.58. The number of carbonyl (C=O) groups excluding carboxylic acids is 1. The van der Waals surface area contributed by atoms with Gasteiger partial charge in [-0.1, -0.05) is 6.07 Å². The Balaban J connectivity index is 1.64. The molecule has 0 bridgehead atoms. The van der Waals surface area contributed by atoms with Gasteiger partial charge in [0.15, 0.2) is 5.82 Å². The molecule has 29 heavy (non-hydrogen) atoms. The highest BCUT2D eigenvalue weighted by Crippen LogP contribution is 2.42. The molecule has 0 N–H and O–H groups in total. The van der Waals surface area contributed by atoms with Crippen LogP contribution in [0.25, 0.3) is 21.6 Å². The lowest BCUT2D eigenvalue weighted by Crippen LogP contribution is -2.01.